The van der Waals surface area contributed by atoms with E-state index in [0.29, 0.717) is 24.3 Å². The number of amides is 1. The second-order valence-electron chi connectivity index (χ2n) is 5.21. The van der Waals surface area contributed by atoms with Crippen molar-refractivity contribution < 1.29 is 4.79 Å². The zero-order chi connectivity index (χ0) is 14.0. The van der Waals surface area contributed by atoms with Gasteiger partial charge < -0.3 is 10.6 Å². The zero-order valence-corrected chi connectivity index (χ0v) is 12.7. The molecular weight excluding hydrogens is 224 g/mol. The van der Waals surface area contributed by atoms with Gasteiger partial charge in [-0.2, -0.15) is 0 Å². The van der Waals surface area contributed by atoms with Crippen LogP contribution in [0.1, 0.15) is 66.2 Å². The molecule has 0 saturated heterocycles. The number of rotatable bonds is 10. The molecular formula is C15H32N2O. The molecule has 1 amide bonds. The molecule has 0 spiro atoms. The van der Waals surface area contributed by atoms with Crippen LogP contribution in [-0.4, -0.2) is 29.9 Å². The molecule has 0 aliphatic heterocycles. The van der Waals surface area contributed by atoms with Crippen molar-refractivity contribution in [3.63, 3.8) is 0 Å². The monoisotopic (exact) mass is 256 g/mol. The first-order valence-electron chi connectivity index (χ1n) is 7.60. The summed E-state index contributed by atoms with van der Waals surface area (Å²) in [5.74, 6) is 0.935. The maximum absolute atomic E-state index is 12.2. The molecule has 2 atom stereocenters. The van der Waals surface area contributed by atoms with Gasteiger partial charge in [0.1, 0.15) is 0 Å². The summed E-state index contributed by atoms with van der Waals surface area (Å²) in [4.78, 5) is 14.2. The summed E-state index contributed by atoms with van der Waals surface area (Å²) in [6.45, 7) is 10.1. The number of carbonyl (C=O) groups excluding carboxylic acids is 1. The molecule has 0 saturated carbocycles. The Hall–Kier alpha value is -0.570. The van der Waals surface area contributed by atoms with Crippen LogP contribution in [0, 0.1) is 5.92 Å². The standard InChI is InChI=1S/C15H32N2O/c1-5-8-14(11-12-16)9-10-15(18)17(7-3)13(4)6-2/h13-14H,5-12,16H2,1-4H3. The topological polar surface area (TPSA) is 46.3 Å². The van der Waals surface area contributed by atoms with E-state index in [1.165, 1.54) is 12.8 Å². The third-order valence-electron chi connectivity index (χ3n) is 3.82. The van der Waals surface area contributed by atoms with Gasteiger partial charge in [0, 0.05) is 19.0 Å². The van der Waals surface area contributed by atoms with Gasteiger partial charge in [-0.3, -0.25) is 4.79 Å². The van der Waals surface area contributed by atoms with Crippen LogP contribution < -0.4 is 5.73 Å². The Balaban J connectivity index is 4.19. The van der Waals surface area contributed by atoms with Gasteiger partial charge in [0.15, 0.2) is 0 Å². The SMILES string of the molecule is CCCC(CCN)CCC(=O)N(CC)C(C)CC. The Bertz CT molecular complexity index is 213. The molecule has 3 heteroatoms. The summed E-state index contributed by atoms with van der Waals surface area (Å²) >= 11 is 0. The summed E-state index contributed by atoms with van der Waals surface area (Å²) < 4.78 is 0. The van der Waals surface area contributed by atoms with Crippen LogP contribution in [0.3, 0.4) is 0 Å². The van der Waals surface area contributed by atoms with Crippen LogP contribution in [-0.2, 0) is 4.79 Å². The lowest BCUT2D eigenvalue weighted by atomic mass is 9.94. The molecule has 0 aromatic heterocycles. The van der Waals surface area contributed by atoms with Gasteiger partial charge in [-0.25, -0.2) is 0 Å². The van der Waals surface area contributed by atoms with E-state index in [0.717, 1.165) is 32.4 Å². The number of nitrogens with zero attached hydrogens (tertiary/aromatic N) is 1. The number of carbonyl (C=O) groups is 1. The summed E-state index contributed by atoms with van der Waals surface area (Å²) in [7, 11) is 0. The second-order valence-corrected chi connectivity index (χ2v) is 5.21. The van der Waals surface area contributed by atoms with Crippen LogP contribution in [0.4, 0.5) is 0 Å². The van der Waals surface area contributed by atoms with Crippen molar-refractivity contribution in [3.8, 4) is 0 Å². The fourth-order valence-corrected chi connectivity index (χ4v) is 2.50. The smallest absolute Gasteiger partial charge is 0.222 e. The molecule has 0 aromatic rings. The Morgan fingerprint density at radius 1 is 1.17 bits per heavy atom. The Morgan fingerprint density at radius 2 is 1.83 bits per heavy atom. The van der Waals surface area contributed by atoms with Crippen molar-refractivity contribution in [1.29, 1.82) is 0 Å². The van der Waals surface area contributed by atoms with E-state index in [-0.39, 0.29) is 0 Å². The van der Waals surface area contributed by atoms with Crippen molar-refractivity contribution >= 4 is 5.91 Å². The third-order valence-corrected chi connectivity index (χ3v) is 3.82. The highest BCUT2D eigenvalue weighted by Crippen LogP contribution is 2.18. The molecule has 0 bridgehead atoms. The molecule has 0 aromatic carbocycles. The molecule has 0 aliphatic rings. The summed E-state index contributed by atoms with van der Waals surface area (Å²) in [6.07, 6.45) is 6.14. The Labute approximate surface area is 113 Å². The van der Waals surface area contributed by atoms with E-state index in [1.54, 1.807) is 0 Å². The van der Waals surface area contributed by atoms with Gasteiger partial charge in [0.2, 0.25) is 5.91 Å². The van der Waals surface area contributed by atoms with Gasteiger partial charge in [0.25, 0.3) is 0 Å². The highest BCUT2D eigenvalue weighted by Gasteiger charge is 2.18. The minimum atomic E-state index is 0.310. The van der Waals surface area contributed by atoms with E-state index in [2.05, 4.69) is 27.7 Å². The average Bonchev–Trinajstić information content (AvgIpc) is 2.37. The van der Waals surface area contributed by atoms with Crippen molar-refractivity contribution in [3.05, 3.63) is 0 Å². The first-order chi connectivity index (χ1) is 8.60. The molecule has 0 rings (SSSR count). The highest BCUT2D eigenvalue weighted by atomic mass is 16.2. The number of hydrogen-bond acceptors (Lipinski definition) is 2. The molecule has 2 N–H and O–H groups in total. The highest BCUT2D eigenvalue weighted by molar-refractivity contribution is 5.76. The Kier molecular flexibility index (Phi) is 10.0. The van der Waals surface area contributed by atoms with Crippen molar-refractivity contribution in [2.45, 2.75) is 72.3 Å². The van der Waals surface area contributed by atoms with Gasteiger partial charge in [0.05, 0.1) is 0 Å². The van der Waals surface area contributed by atoms with Gasteiger partial charge in [-0.1, -0.05) is 26.7 Å². The zero-order valence-electron chi connectivity index (χ0n) is 12.7. The van der Waals surface area contributed by atoms with Crippen LogP contribution in [0.15, 0.2) is 0 Å². The molecule has 18 heavy (non-hydrogen) atoms. The lowest BCUT2D eigenvalue weighted by Crippen LogP contribution is -2.38. The predicted molar refractivity (Wildman–Crippen MR) is 78.4 cm³/mol. The first-order valence-corrected chi connectivity index (χ1v) is 7.60. The minimum absolute atomic E-state index is 0.310. The lowest BCUT2D eigenvalue weighted by molar-refractivity contribution is -0.133. The molecule has 3 nitrogen and oxygen atoms in total. The first kappa shape index (κ1) is 17.4. The fraction of sp³-hybridized carbons (Fsp3) is 0.933. The summed E-state index contributed by atoms with van der Waals surface area (Å²) in [6, 6.07) is 0.363. The molecule has 2 unspecified atom stereocenters. The predicted octanol–water partition coefficient (Wildman–Crippen LogP) is 3.18. The fourth-order valence-electron chi connectivity index (χ4n) is 2.50. The van der Waals surface area contributed by atoms with Crippen LogP contribution in [0.2, 0.25) is 0 Å². The summed E-state index contributed by atoms with van der Waals surface area (Å²) in [5, 5.41) is 0. The molecule has 0 heterocycles. The van der Waals surface area contributed by atoms with E-state index in [4.69, 9.17) is 5.73 Å². The average molecular weight is 256 g/mol. The van der Waals surface area contributed by atoms with E-state index >= 15 is 0 Å². The molecule has 0 fully saturated rings. The quantitative estimate of drug-likeness (QED) is 0.652. The van der Waals surface area contributed by atoms with Crippen molar-refractivity contribution in [2.24, 2.45) is 11.7 Å². The van der Waals surface area contributed by atoms with E-state index in [9.17, 15) is 4.79 Å². The Morgan fingerprint density at radius 3 is 2.28 bits per heavy atom. The largest absolute Gasteiger partial charge is 0.340 e. The lowest BCUT2D eigenvalue weighted by Gasteiger charge is -2.28. The van der Waals surface area contributed by atoms with Crippen LogP contribution in [0.5, 0.6) is 0 Å². The number of nitrogens with two attached hydrogens (primary N) is 1. The molecule has 0 radical (unpaired) electrons. The maximum Gasteiger partial charge on any atom is 0.222 e. The minimum Gasteiger partial charge on any atom is -0.340 e. The third kappa shape index (κ3) is 6.39. The number of hydrogen-bond donors (Lipinski definition) is 1. The second kappa shape index (κ2) is 10.4. The van der Waals surface area contributed by atoms with Gasteiger partial charge in [-0.15, -0.1) is 0 Å². The van der Waals surface area contributed by atoms with Crippen molar-refractivity contribution in [1.82, 2.24) is 4.90 Å². The maximum atomic E-state index is 12.2. The molecule has 0 aliphatic carbocycles. The summed E-state index contributed by atoms with van der Waals surface area (Å²) in [5.41, 5.74) is 5.63. The van der Waals surface area contributed by atoms with Crippen molar-refractivity contribution in [2.75, 3.05) is 13.1 Å². The van der Waals surface area contributed by atoms with E-state index in [1.807, 2.05) is 4.90 Å². The van der Waals surface area contributed by atoms with E-state index < -0.39 is 0 Å². The van der Waals surface area contributed by atoms with Gasteiger partial charge >= 0.3 is 0 Å². The van der Waals surface area contributed by atoms with Gasteiger partial charge in [-0.05, 0) is 45.6 Å². The van der Waals surface area contributed by atoms with Crippen LogP contribution >= 0.6 is 0 Å². The normalized spacial score (nSPS) is 14.3. The molecule has 108 valence electrons. The van der Waals surface area contributed by atoms with Crippen LogP contribution in [0.25, 0.3) is 0 Å².